The van der Waals surface area contributed by atoms with Crippen molar-refractivity contribution in [2.75, 3.05) is 13.2 Å². The molecule has 0 spiro atoms. The molecule has 2 heterocycles. The highest BCUT2D eigenvalue weighted by Crippen LogP contribution is 2.15. The summed E-state index contributed by atoms with van der Waals surface area (Å²) in [5, 5.41) is 0.0216. The van der Waals surface area contributed by atoms with Gasteiger partial charge in [0.05, 0.1) is 18.5 Å². The van der Waals surface area contributed by atoms with E-state index in [0.29, 0.717) is 13.0 Å². The van der Waals surface area contributed by atoms with E-state index in [1.807, 2.05) is 0 Å². The molecule has 1 N–H and O–H groups in total. The highest BCUT2D eigenvalue weighted by atomic mass is 35.5. The molecule has 1 unspecified atom stereocenters. The first-order valence-corrected chi connectivity index (χ1v) is 7.53. The van der Waals surface area contributed by atoms with E-state index in [4.69, 9.17) is 16.3 Å². The maximum atomic E-state index is 11.8. The zero-order chi connectivity index (χ0) is 13.0. The summed E-state index contributed by atoms with van der Waals surface area (Å²) < 4.78 is 31.6. The Morgan fingerprint density at radius 1 is 1.44 bits per heavy atom. The number of rotatable bonds is 5. The number of nitrogens with zero attached hydrogens (tertiary/aromatic N) is 2. The normalized spacial score (nSPS) is 20.2. The SMILES string of the molecule is O=S(=O)(NCCC1CCCO1)c1cnc(Cl)nc1. The average molecular weight is 292 g/mol. The molecule has 18 heavy (non-hydrogen) atoms. The number of halogens is 1. The van der Waals surface area contributed by atoms with Crippen LogP contribution in [0.1, 0.15) is 19.3 Å². The fourth-order valence-corrected chi connectivity index (χ4v) is 2.78. The molecule has 2 rings (SSSR count). The van der Waals surface area contributed by atoms with E-state index in [9.17, 15) is 8.42 Å². The zero-order valence-corrected chi connectivity index (χ0v) is 11.2. The van der Waals surface area contributed by atoms with E-state index in [1.54, 1.807) is 0 Å². The topological polar surface area (TPSA) is 81.2 Å². The van der Waals surface area contributed by atoms with Crippen LogP contribution in [-0.4, -0.2) is 37.6 Å². The number of nitrogens with one attached hydrogen (secondary N) is 1. The Morgan fingerprint density at radius 3 is 2.78 bits per heavy atom. The van der Waals surface area contributed by atoms with Crippen molar-refractivity contribution < 1.29 is 13.2 Å². The van der Waals surface area contributed by atoms with Crippen molar-refractivity contribution in [2.45, 2.75) is 30.3 Å². The first kappa shape index (κ1) is 13.7. The van der Waals surface area contributed by atoms with Gasteiger partial charge >= 0.3 is 0 Å². The number of ether oxygens (including phenoxy) is 1. The maximum Gasteiger partial charge on any atom is 0.243 e. The zero-order valence-electron chi connectivity index (χ0n) is 9.67. The third-order valence-electron chi connectivity index (χ3n) is 2.69. The fraction of sp³-hybridized carbons (Fsp3) is 0.600. The van der Waals surface area contributed by atoms with E-state index in [0.717, 1.165) is 19.4 Å². The third-order valence-corrected chi connectivity index (χ3v) is 4.30. The van der Waals surface area contributed by atoms with Gasteiger partial charge in [0.25, 0.3) is 0 Å². The molecule has 6 nitrogen and oxygen atoms in total. The van der Waals surface area contributed by atoms with Crippen LogP contribution in [0.5, 0.6) is 0 Å². The van der Waals surface area contributed by atoms with Gasteiger partial charge in [-0.2, -0.15) is 0 Å². The van der Waals surface area contributed by atoms with Gasteiger partial charge in [-0.1, -0.05) is 0 Å². The van der Waals surface area contributed by atoms with Gasteiger partial charge < -0.3 is 4.74 Å². The van der Waals surface area contributed by atoms with Gasteiger partial charge in [0.1, 0.15) is 4.90 Å². The van der Waals surface area contributed by atoms with Crippen molar-refractivity contribution in [3.63, 3.8) is 0 Å². The minimum atomic E-state index is -3.56. The minimum Gasteiger partial charge on any atom is -0.378 e. The maximum absolute atomic E-state index is 11.8. The van der Waals surface area contributed by atoms with Gasteiger partial charge in [-0.15, -0.1) is 0 Å². The Kier molecular flexibility index (Phi) is 4.50. The highest BCUT2D eigenvalue weighted by Gasteiger charge is 2.18. The molecule has 1 fully saturated rings. The second-order valence-electron chi connectivity index (χ2n) is 4.01. The molecule has 1 aliphatic heterocycles. The highest BCUT2D eigenvalue weighted by molar-refractivity contribution is 7.89. The van der Waals surface area contributed by atoms with E-state index >= 15 is 0 Å². The number of hydrogen-bond donors (Lipinski definition) is 1. The van der Waals surface area contributed by atoms with Crippen molar-refractivity contribution in [1.82, 2.24) is 14.7 Å². The fourth-order valence-electron chi connectivity index (χ4n) is 1.75. The molecule has 0 saturated carbocycles. The molecule has 1 atom stereocenters. The van der Waals surface area contributed by atoms with Gasteiger partial charge in [-0.3, -0.25) is 0 Å². The lowest BCUT2D eigenvalue weighted by atomic mass is 10.2. The lowest BCUT2D eigenvalue weighted by molar-refractivity contribution is 0.105. The lowest BCUT2D eigenvalue weighted by Gasteiger charge is -2.10. The summed E-state index contributed by atoms with van der Waals surface area (Å²) in [5.74, 6) is 0. The molecule has 1 aromatic rings. The molecule has 1 saturated heterocycles. The molecule has 1 aromatic heterocycles. The van der Waals surface area contributed by atoms with Gasteiger partial charge in [-0.05, 0) is 30.9 Å². The standard InChI is InChI=1S/C10H14ClN3O3S/c11-10-12-6-9(7-13-10)18(15,16)14-4-3-8-2-1-5-17-8/h6-8,14H,1-5H2. The average Bonchev–Trinajstić information content (AvgIpc) is 2.82. The summed E-state index contributed by atoms with van der Waals surface area (Å²) in [6.45, 7) is 1.11. The Bertz CT molecular complexity index is 486. The molecule has 100 valence electrons. The molecule has 8 heteroatoms. The van der Waals surface area contributed by atoms with Crippen LogP contribution >= 0.6 is 11.6 Å². The van der Waals surface area contributed by atoms with Crippen LogP contribution in [0.3, 0.4) is 0 Å². The van der Waals surface area contributed by atoms with Crippen LogP contribution in [0.2, 0.25) is 5.28 Å². The van der Waals surface area contributed by atoms with Crippen LogP contribution in [0.15, 0.2) is 17.3 Å². The van der Waals surface area contributed by atoms with Crippen molar-refractivity contribution in [3.8, 4) is 0 Å². The quantitative estimate of drug-likeness (QED) is 0.818. The predicted molar refractivity (Wildman–Crippen MR) is 65.8 cm³/mol. The Hall–Kier alpha value is -0.760. The second kappa shape index (κ2) is 5.92. The Balaban J connectivity index is 1.88. The van der Waals surface area contributed by atoms with Crippen LogP contribution in [0, 0.1) is 0 Å². The summed E-state index contributed by atoms with van der Waals surface area (Å²) in [7, 11) is -3.56. The van der Waals surface area contributed by atoms with E-state index in [-0.39, 0.29) is 16.3 Å². The number of sulfonamides is 1. The smallest absolute Gasteiger partial charge is 0.243 e. The largest absolute Gasteiger partial charge is 0.378 e. The van der Waals surface area contributed by atoms with E-state index < -0.39 is 10.0 Å². The van der Waals surface area contributed by atoms with Crippen molar-refractivity contribution in [1.29, 1.82) is 0 Å². The second-order valence-corrected chi connectivity index (χ2v) is 6.11. The van der Waals surface area contributed by atoms with E-state index in [2.05, 4.69) is 14.7 Å². The van der Waals surface area contributed by atoms with Crippen LogP contribution < -0.4 is 4.72 Å². The molecule has 0 aliphatic carbocycles. The molecule has 1 aliphatic rings. The van der Waals surface area contributed by atoms with Crippen molar-refractivity contribution >= 4 is 21.6 Å². The Morgan fingerprint density at radius 2 is 2.17 bits per heavy atom. The third kappa shape index (κ3) is 3.61. The summed E-state index contributed by atoms with van der Waals surface area (Å²) in [6, 6.07) is 0. The van der Waals surface area contributed by atoms with Crippen LogP contribution in [0.4, 0.5) is 0 Å². The monoisotopic (exact) mass is 291 g/mol. The Labute approximate surface area is 111 Å². The molecule has 0 bridgehead atoms. The van der Waals surface area contributed by atoms with Crippen molar-refractivity contribution in [3.05, 3.63) is 17.7 Å². The first-order valence-electron chi connectivity index (χ1n) is 5.67. The minimum absolute atomic E-state index is 0.0132. The van der Waals surface area contributed by atoms with Crippen LogP contribution in [0.25, 0.3) is 0 Å². The van der Waals surface area contributed by atoms with Gasteiger partial charge in [-0.25, -0.2) is 23.1 Å². The summed E-state index contributed by atoms with van der Waals surface area (Å²) in [6.07, 6.45) is 5.24. The van der Waals surface area contributed by atoms with Crippen LogP contribution in [-0.2, 0) is 14.8 Å². The molecule has 0 radical (unpaired) electrons. The molecular formula is C10H14ClN3O3S. The molecular weight excluding hydrogens is 278 g/mol. The first-order chi connectivity index (χ1) is 8.58. The summed E-state index contributed by atoms with van der Waals surface area (Å²) in [4.78, 5) is 7.30. The van der Waals surface area contributed by atoms with Crippen molar-refractivity contribution in [2.24, 2.45) is 0 Å². The summed E-state index contributed by atoms with van der Waals surface area (Å²) >= 11 is 5.50. The summed E-state index contributed by atoms with van der Waals surface area (Å²) in [5.41, 5.74) is 0. The van der Waals surface area contributed by atoms with Gasteiger partial charge in [0, 0.05) is 13.2 Å². The lowest BCUT2D eigenvalue weighted by Crippen LogP contribution is -2.27. The number of hydrogen-bond acceptors (Lipinski definition) is 5. The van der Waals surface area contributed by atoms with Gasteiger partial charge in [0.2, 0.25) is 15.3 Å². The predicted octanol–water partition coefficient (Wildman–Crippen LogP) is 0.977. The van der Waals surface area contributed by atoms with E-state index in [1.165, 1.54) is 12.4 Å². The number of aromatic nitrogens is 2. The molecule has 0 aromatic carbocycles. The molecule has 0 amide bonds. The van der Waals surface area contributed by atoms with Gasteiger partial charge in [0.15, 0.2) is 0 Å².